The van der Waals surface area contributed by atoms with E-state index in [1.807, 2.05) is 0 Å². The van der Waals surface area contributed by atoms with Gasteiger partial charge in [0.15, 0.2) is 0 Å². The van der Waals surface area contributed by atoms with Gasteiger partial charge in [-0.2, -0.15) is 0 Å². The number of hydrogen-bond acceptors (Lipinski definition) is 1. The molecule has 0 aromatic heterocycles. The van der Waals surface area contributed by atoms with Crippen LogP contribution in [0.25, 0.3) is 0 Å². The van der Waals surface area contributed by atoms with Gasteiger partial charge in [-0.1, -0.05) is 22.0 Å². The van der Waals surface area contributed by atoms with Crippen LogP contribution >= 0.6 is 15.9 Å². The number of benzene rings is 1. The molecule has 2 heteroatoms. The molecular formula is C13H15BrO. The summed E-state index contributed by atoms with van der Waals surface area (Å²) < 4.78 is 6.98. The summed E-state index contributed by atoms with van der Waals surface area (Å²) in [6.07, 6.45) is 5.49. The van der Waals surface area contributed by atoms with Gasteiger partial charge in [-0.15, -0.1) is 0 Å². The van der Waals surface area contributed by atoms with Crippen molar-refractivity contribution in [3.05, 3.63) is 33.8 Å². The molecular weight excluding hydrogens is 252 g/mol. The second-order valence-electron chi connectivity index (χ2n) is 4.55. The lowest BCUT2D eigenvalue weighted by Crippen LogP contribution is -2.00. The lowest BCUT2D eigenvalue weighted by molar-refractivity contribution is 0.111. The summed E-state index contributed by atoms with van der Waals surface area (Å²) in [6.45, 7) is 0.935. The zero-order valence-corrected chi connectivity index (χ0v) is 10.3. The van der Waals surface area contributed by atoms with E-state index in [-0.39, 0.29) is 0 Å². The monoisotopic (exact) mass is 266 g/mol. The van der Waals surface area contributed by atoms with Gasteiger partial charge >= 0.3 is 0 Å². The zero-order valence-electron chi connectivity index (χ0n) is 8.71. The highest BCUT2D eigenvalue weighted by molar-refractivity contribution is 9.10. The largest absolute Gasteiger partial charge is 0.374 e. The van der Waals surface area contributed by atoms with Crippen molar-refractivity contribution in [2.45, 2.75) is 37.7 Å². The molecule has 1 aromatic carbocycles. The van der Waals surface area contributed by atoms with Gasteiger partial charge in [0.25, 0.3) is 0 Å². The van der Waals surface area contributed by atoms with Crippen molar-refractivity contribution >= 4 is 15.9 Å². The average Bonchev–Trinajstić information content (AvgIpc) is 2.95. The lowest BCUT2D eigenvalue weighted by atomic mass is 9.97. The van der Waals surface area contributed by atoms with E-state index in [2.05, 4.69) is 34.1 Å². The topological polar surface area (TPSA) is 9.23 Å². The summed E-state index contributed by atoms with van der Waals surface area (Å²) >= 11 is 3.56. The minimum atomic E-state index is 0.369. The Balaban J connectivity index is 1.97. The highest BCUT2D eigenvalue weighted by Crippen LogP contribution is 2.45. The maximum atomic E-state index is 5.78. The summed E-state index contributed by atoms with van der Waals surface area (Å²) in [5, 5.41) is 0. The van der Waals surface area contributed by atoms with Crippen LogP contribution in [0.2, 0.25) is 0 Å². The van der Waals surface area contributed by atoms with Crippen LogP contribution in [0, 0.1) is 0 Å². The van der Waals surface area contributed by atoms with E-state index in [9.17, 15) is 0 Å². The van der Waals surface area contributed by atoms with E-state index >= 15 is 0 Å². The smallest absolute Gasteiger partial charge is 0.0828 e. The minimum Gasteiger partial charge on any atom is -0.374 e. The van der Waals surface area contributed by atoms with Crippen LogP contribution in [0.4, 0.5) is 0 Å². The lowest BCUT2D eigenvalue weighted by Gasteiger charge is -2.15. The van der Waals surface area contributed by atoms with Crippen LogP contribution in [0.3, 0.4) is 0 Å². The van der Waals surface area contributed by atoms with Crippen molar-refractivity contribution in [3.8, 4) is 0 Å². The van der Waals surface area contributed by atoms with E-state index in [1.165, 1.54) is 41.3 Å². The first-order valence-corrected chi connectivity index (χ1v) is 6.55. The van der Waals surface area contributed by atoms with Crippen molar-refractivity contribution in [1.82, 2.24) is 0 Å². The first-order valence-electron chi connectivity index (χ1n) is 5.75. The van der Waals surface area contributed by atoms with E-state index in [4.69, 9.17) is 4.74 Å². The molecule has 1 atom stereocenters. The standard InChI is InChI=1S/C13H15BrO/c14-10-5-6-11(13-2-1-7-15-13)12(8-10)9-3-4-9/h5-6,8-9,13H,1-4,7H2. The maximum Gasteiger partial charge on any atom is 0.0828 e. The van der Waals surface area contributed by atoms with E-state index in [1.54, 1.807) is 0 Å². The molecule has 2 fully saturated rings. The van der Waals surface area contributed by atoms with Gasteiger partial charge in [0.05, 0.1) is 6.10 Å². The van der Waals surface area contributed by atoms with Gasteiger partial charge in [0, 0.05) is 11.1 Å². The second-order valence-corrected chi connectivity index (χ2v) is 5.46. The Morgan fingerprint density at radius 3 is 2.67 bits per heavy atom. The molecule has 80 valence electrons. The van der Waals surface area contributed by atoms with Crippen molar-refractivity contribution in [2.24, 2.45) is 0 Å². The van der Waals surface area contributed by atoms with Gasteiger partial charge in [0.1, 0.15) is 0 Å². The van der Waals surface area contributed by atoms with Gasteiger partial charge in [-0.25, -0.2) is 0 Å². The molecule has 1 heterocycles. The molecule has 0 N–H and O–H groups in total. The number of ether oxygens (including phenoxy) is 1. The molecule has 1 aromatic rings. The Hall–Kier alpha value is -0.340. The van der Waals surface area contributed by atoms with E-state index in [0.717, 1.165) is 12.5 Å². The van der Waals surface area contributed by atoms with Crippen LogP contribution in [-0.2, 0) is 4.74 Å². The third kappa shape index (κ3) is 1.98. The van der Waals surface area contributed by atoms with Gasteiger partial charge in [-0.3, -0.25) is 0 Å². The van der Waals surface area contributed by atoms with Crippen LogP contribution < -0.4 is 0 Å². The second kappa shape index (κ2) is 3.91. The first kappa shape index (κ1) is 9.86. The highest BCUT2D eigenvalue weighted by Gasteiger charge is 2.29. The van der Waals surface area contributed by atoms with Crippen molar-refractivity contribution < 1.29 is 4.74 Å². The van der Waals surface area contributed by atoms with Crippen LogP contribution in [-0.4, -0.2) is 6.61 Å². The first-order chi connectivity index (χ1) is 7.34. The highest BCUT2D eigenvalue weighted by atomic mass is 79.9. The Labute approximate surface area is 99.0 Å². The predicted octanol–water partition coefficient (Wildman–Crippen LogP) is 4.18. The molecule has 0 amide bonds. The number of halogens is 1. The minimum absolute atomic E-state index is 0.369. The summed E-state index contributed by atoms with van der Waals surface area (Å²) in [5.74, 6) is 0.807. The number of rotatable bonds is 2. The predicted molar refractivity (Wildman–Crippen MR) is 64.0 cm³/mol. The molecule has 15 heavy (non-hydrogen) atoms. The maximum absolute atomic E-state index is 5.78. The summed E-state index contributed by atoms with van der Waals surface area (Å²) in [4.78, 5) is 0. The third-order valence-electron chi connectivity index (χ3n) is 3.34. The van der Waals surface area contributed by atoms with Crippen LogP contribution in [0.5, 0.6) is 0 Å². The zero-order chi connectivity index (χ0) is 10.3. The Kier molecular flexibility index (Phi) is 2.57. The molecule has 1 aliphatic carbocycles. The third-order valence-corrected chi connectivity index (χ3v) is 3.84. The molecule has 0 radical (unpaired) electrons. The van der Waals surface area contributed by atoms with E-state index < -0.39 is 0 Å². The Morgan fingerprint density at radius 1 is 1.13 bits per heavy atom. The fourth-order valence-electron chi connectivity index (χ4n) is 2.41. The van der Waals surface area contributed by atoms with Gasteiger partial charge in [-0.05, 0) is 54.9 Å². The summed E-state index contributed by atoms with van der Waals surface area (Å²) in [6, 6.07) is 6.67. The van der Waals surface area contributed by atoms with Gasteiger partial charge < -0.3 is 4.74 Å². The molecule has 0 bridgehead atoms. The Morgan fingerprint density at radius 2 is 2.00 bits per heavy atom. The summed E-state index contributed by atoms with van der Waals surface area (Å²) in [5.41, 5.74) is 2.97. The van der Waals surface area contributed by atoms with Crippen molar-refractivity contribution in [3.63, 3.8) is 0 Å². The molecule has 1 saturated carbocycles. The number of hydrogen-bond donors (Lipinski definition) is 0. The van der Waals surface area contributed by atoms with Crippen molar-refractivity contribution in [1.29, 1.82) is 0 Å². The molecule has 1 saturated heterocycles. The van der Waals surface area contributed by atoms with Gasteiger partial charge in [0.2, 0.25) is 0 Å². The molecule has 3 rings (SSSR count). The fourth-order valence-corrected chi connectivity index (χ4v) is 2.79. The average molecular weight is 267 g/mol. The quantitative estimate of drug-likeness (QED) is 0.781. The molecule has 1 aliphatic heterocycles. The van der Waals surface area contributed by atoms with Crippen LogP contribution in [0.15, 0.2) is 22.7 Å². The molecule has 1 unspecified atom stereocenters. The molecule has 0 spiro atoms. The van der Waals surface area contributed by atoms with E-state index in [0.29, 0.717) is 6.10 Å². The van der Waals surface area contributed by atoms with Crippen LogP contribution in [0.1, 0.15) is 48.8 Å². The normalized spacial score (nSPS) is 25.8. The van der Waals surface area contributed by atoms with Crippen molar-refractivity contribution in [2.75, 3.05) is 6.61 Å². The SMILES string of the molecule is Brc1ccc(C2CCCO2)c(C2CC2)c1. The molecule has 1 nitrogen and oxygen atoms in total. The Bertz CT molecular complexity index is 365. The summed E-state index contributed by atoms with van der Waals surface area (Å²) in [7, 11) is 0. The molecule has 2 aliphatic rings. The fraction of sp³-hybridized carbons (Fsp3) is 0.538.